The summed E-state index contributed by atoms with van der Waals surface area (Å²) in [6, 6.07) is 0. The summed E-state index contributed by atoms with van der Waals surface area (Å²) in [4.78, 5) is 23.4. The Morgan fingerprint density at radius 3 is 2.27 bits per heavy atom. The summed E-state index contributed by atoms with van der Waals surface area (Å²) in [7, 11) is 1.62. The van der Waals surface area contributed by atoms with E-state index in [0.29, 0.717) is 6.54 Å². The van der Waals surface area contributed by atoms with Crippen molar-refractivity contribution in [1.29, 1.82) is 0 Å². The summed E-state index contributed by atoms with van der Waals surface area (Å²) >= 11 is 0. The predicted molar refractivity (Wildman–Crippen MR) is 58.7 cm³/mol. The van der Waals surface area contributed by atoms with Crippen LogP contribution in [0.3, 0.4) is 0 Å². The van der Waals surface area contributed by atoms with Crippen molar-refractivity contribution < 1.29 is 14.3 Å². The first kappa shape index (κ1) is 13.7. The van der Waals surface area contributed by atoms with Crippen LogP contribution in [0.4, 0.5) is 4.79 Å². The molecule has 4 nitrogen and oxygen atoms in total. The first-order valence-corrected chi connectivity index (χ1v) is 4.83. The molecule has 0 fully saturated rings. The van der Waals surface area contributed by atoms with Gasteiger partial charge in [-0.25, -0.2) is 4.79 Å². The number of rotatable bonds is 3. The lowest BCUT2D eigenvalue weighted by atomic mass is 10.2. The molecule has 1 amide bonds. The second-order valence-corrected chi connectivity index (χ2v) is 4.37. The zero-order chi connectivity index (χ0) is 12.1. The highest BCUT2D eigenvalue weighted by Gasteiger charge is 2.18. The molecule has 0 aliphatic heterocycles. The number of amides is 1. The van der Waals surface area contributed by atoms with Gasteiger partial charge in [0.15, 0.2) is 5.78 Å². The molecular weight excluding hydrogens is 194 g/mol. The van der Waals surface area contributed by atoms with Gasteiger partial charge in [-0.3, -0.25) is 4.79 Å². The molecule has 0 N–H and O–H groups in total. The molecule has 4 heteroatoms. The van der Waals surface area contributed by atoms with E-state index >= 15 is 0 Å². The van der Waals surface area contributed by atoms with Gasteiger partial charge in [0.05, 0.1) is 0 Å². The third-order valence-corrected chi connectivity index (χ3v) is 1.44. The molecule has 0 aromatic carbocycles. The maximum atomic E-state index is 11.4. The van der Waals surface area contributed by atoms with Crippen molar-refractivity contribution in [3.8, 4) is 0 Å². The topological polar surface area (TPSA) is 46.6 Å². The quantitative estimate of drug-likeness (QED) is 0.674. The molecule has 0 saturated carbocycles. The minimum atomic E-state index is -0.490. The van der Waals surface area contributed by atoms with Crippen LogP contribution in [-0.4, -0.2) is 36.0 Å². The average molecular weight is 213 g/mol. The summed E-state index contributed by atoms with van der Waals surface area (Å²) < 4.78 is 5.13. The van der Waals surface area contributed by atoms with Gasteiger partial charge in [0.25, 0.3) is 0 Å². The first-order chi connectivity index (χ1) is 6.72. The molecule has 0 atom stereocenters. The number of hydrogen-bond acceptors (Lipinski definition) is 3. The lowest BCUT2D eigenvalue weighted by molar-refractivity contribution is -0.112. The summed E-state index contributed by atoms with van der Waals surface area (Å²) in [5.41, 5.74) is -0.490. The maximum Gasteiger partial charge on any atom is 0.410 e. The number of carbonyl (C=O) groups is 2. The van der Waals surface area contributed by atoms with Crippen molar-refractivity contribution >= 4 is 11.9 Å². The zero-order valence-electron chi connectivity index (χ0n) is 10.0. The highest BCUT2D eigenvalue weighted by molar-refractivity contribution is 5.87. The van der Waals surface area contributed by atoms with Crippen LogP contribution >= 0.6 is 0 Å². The molecule has 0 saturated heterocycles. The lowest BCUT2D eigenvalue weighted by Gasteiger charge is -2.23. The lowest BCUT2D eigenvalue weighted by Crippen LogP contribution is -2.34. The van der Waals surface area contributed by atoms with Crippen LogP contribution in [-0.2, 0) is 9.53 Å². The van der Waals surface area contributed by atoms with Crippen molar-refractivity contribution in [3.05, 3.63) is 12.2 Å². The zero-order valence-corrected chi connectivity index (χ0v) is 10.0. The number of hydrogen-bond donors (Lipinski definition) is 0. The Labute approximate surface area is 90.9 Å². The molecule has 0 aliphatic carbocycles. The number of carbonyl (C=O) groups excluding carboxylic acids is 2. The van der Waals surface area contributed by atoms with Gasteiger partial charge in [-0.15, -0.1) is 0 Å². The van der Waals surface area contributed by atoms with Gasteiger partial charge in [-0.05, 0) is 33.8 Å². The molecule has 86 valence electrons. The van der Waals surface area contributed by atoms with Crippen molar-refractivity contribution in [2.45, 2.75) is 33.3 Å². The highest BCUT2D eigenvalue weighted by atomic mass is 16.6. The molecule has 15 heavy (non-hydrogen) atoms. The minimum absolute atomic E-state index is 0.0346. The number of ether oxygens (including phenoxy) is 1. The van der Waals surface area contributed by atoms with Crippen molar-refractivity contribution in [2.75, 3.05) is 13.6 Å². The van der Waals surface area contributed by atoms with Crippen LogP contribution in [0.5, 0.6) is 0 Å². The molecule has 0 radical (unpaired) electrons. The average Bonchev–Trinajstić information content (AvgIpc) is 1.99. The van der Waals surface area contributed by atoms with Gasteiger partial charge in [-0.1, -0.05) is 6.08 Å². The Hall–Kier alpha value is -1.32. The number of likely N-dealkylation sites (N-methyl/N-ethyl adjacent to an activating group) is 1. The molecule has 0 unspecified atom stereocenters. The maximum absolute atomic E-state index is 11.4. The second-order valence-electron chi connectivity index (χ2n) is 4.37. The normalized spacial score (nSPS) is 11.5. The van der Waals surface area contributed by atoms with E-state index in [1.54, 1.807) is 13.1 Å². The molecule has 0 aliphatic rings. The summed E-state index contributed by atoms with van der Waals surface area (Å²) in [6.45, 7) is 7.26. The first-order valence-electron chi connectivity index (χ1n) is 4.83. The number of nitrogens with zero attached hydrogens (tertiary/aromatic N) is 1. The third kappa shape index (κ3) is 7.73. The standard InChI is InChI=1S/C11H19NO3/c1-9(13)7-6-8-12(5)10(14)15-11(2,3)4/h6-7H,8H2,1-5H3/b7-6+. The van der Waals surface area contributed by atoms with Crippen molar-refractivity contribution in [3.63, 3.8) is 0 Å². The number of ketones is 1. The Kier molecular flexibility index (Phi) is 5.05. The molecule has 0 heterocycles. The fourth-order valence-corrected chi connectivity index (χ4v) is 0.791. The van der Waals surface area contributed by atoms with Gasteiger partial charge in [0, 0.05) is 13.6 Å². The van der Waals surface area contributed by atoms with Crippen LogP contribution < -0.4 is 0 Å². The largest absolute Gasteiger partial charge is 0.444 e. The molecular formula is C11H19NO3. The minimum Gasteiger partial charge on any atom is -0.444 e. The van der Waals surface area contributed by atoms with E-state index in [-0.39, 0.29) is 5.78 Å². The van der Waals surface area contributed by atoms with E-state index < -0.39 is 11.7 Å². The summed E-state index contributed by atoms with van der Waals surface area (Å²) in [5, 5.41) is 0. The van der Waals surface area contributed by atoms with Gasteiger partial charge >= 0.3 is 6.09 Å². The van der Waals surface area contributed by atoms with Crippen LogP contribution in [0, 0.1) is 0 Å². The van der Waals surface area contributed by atoms with Gasteiger partial charge in [-0.2, -0.15) is 0 Å². The molecule has 0 aromatic rings. The van der Waals surface area contributed by atoms with E-state index in [9.17, 15) is 9.59 Å². The Balaban J connectivity index is 4.06. The monoisotopic (exact) mass is 213 g/mol. The van der Waals surface area contributed by atoms with Crippen LogP contribution in [0.1, 0.15) is 27.7 Å². The fourth-order valence-electron chi connectivity index (χ4n) is 0.791. The molecule has 0 spiro atoms. The second kappa shape index (κ2) is 5.53. The summed E-state index contributed by atoms with van der Waals surface area (Å²) in [6.07, 6.45) is 2.67. The van der Waals surface area contributed by atoms with E-state index in [2.05, 4.69) is 0 Å². The van der Waals surface area contributed by atoms with E-state index in [4.69, 9.17) is 4.74 Å². The van der Waals surface area contributed by atoms with Crippen LogP contribution in [0.25, 0.3) is 0 Å². The number of allylic oxidation sites excluding steroid dienone is 1. The van der Waals surface area contributed by atoms with E-state index in [0.717, 1.165) is 0 Å². The molecule has 0 rings (SSSR count). The van der Waals surface area contributed by atoms with Crippen molar-refractivity contribution in [2.24, 2.45) is 0 Å². The van der Waals surface area contributed by atoms with E-state index in [1.807, 2.05) is 20.8 Å². The van der Waals surface area contributed by atoms with Gasteiger partial charge in [0.2, 0.25) is 0 Å². The Bertz CT molecular complexity index is 263. The summed E-state index contributed by atoms with van der Waals surface area (Å²) in [5.74, 6) is -0.0346. The van der Waals surface area contributed by atoms with Crippen LogP contribution in [0.2, 0.25) is 0 Å². The highest BCUT2D eigenvalue weighted by Crippen LogP contribution is 2.08. The van der Waals surface area contributed by atoms with Gasteiger partial charge < -0.3 is 9.64 Å². The third-order valence-electron chi connectivity index (χ3n) is 1.44. The van der Waals surface area contributed by atoms with Crippen LogP contribution in [0.15, 0.2) is 12.2 Å². The SMILES string of the molecule is CC(=O)/C=C/CN(C)C(=O)OC(C)(C)C. The van der Waals surface area contributed by atoms with Gasteiger partial charge in [0.1, 0.15) is 5.60 Å². The molecule has 0 aromatic heterocycles. The molecule has 0 bridgehead atoms. The van der Waals surface area contributed by atoms with Crippen molar-refractivity contribution in [1.82, 2.24) is 4.90 Å². The predicted octanol–water partition coefficient (Wildman–Crippen LogP) is 2.00. The smallest absolute Gasteiger partial charge is 0.410 e. The Morgan fingerprint density at radius 1 is 1.33 bits per heavy atom. The Morgan fingerprint density at radius 2 is 1.87 bits per heavy atom. The fraction of sp³-hybridized carbons (Fsp3) is 0.636. The van der Waals surface area contributed by atoms with E-state index in [1.165, 1.54) is 17.9 Å².